The van der Waals surface area contributed by atoms with Crippen molar-refractivity contribution in [3.05, 3.63) is 17.5 Å². The van der Waals surface area contributed by atoms with Gasteiger partial charge in [0.15, 0.2) is 0 Å². The first-order valence-corrected chi connectivity index (χ1v) is 7.35. The van der Waals surface area contributed by atoms with Crippen molar-refractivity contribution >= 4 is 30.3 Å². The molecule has 1 aliphatic rings. The van der Waals surface area contributed by atoms with Gasteiger partial charge in [0.1, 0.15) is 0 Å². The molecule has 0 aliphatic carbocycles. The minimum Gasteiger partial charge on any atom is -0.390 e. The van der Waals surface area contributed by atoms with Gasteiger partial charge in [0.25, 0.3) is 0 Å². The molecule has 1 N–H and O–H groups in total. The van der Waals surface area contributed by atoms with Crippen LogP contribution in [0.5, 0.6) is 0 Å². The third-order valence-electron chi connectivity index (χ3n) is 2.07. The Labute approximate surface area is 93.0 Å². The highest BCUT2D eigenvalue weighted by Gasteiger charge is 2.17. The fourth-order valence-corrected chi connectivity index (χ4v) is 2.78. The molecule has 6 heteroatoms. The number of nitrogens with zero attached hydrogens (tertiary/aromatic N) is 3. The third kappa shape index (κ3) is 2.00. The number of halogens is 1. The molecular formula is C7H10IN3OS. The summed E-state index contributed by atoms with van der Waals surface area (Å²) in [6.45, 7) is 2.90. The largest absolute Gasteiger partial charge is 0.390 e. The number of rotatable bonds is 2. The van der Waals surface area contributed by atoms with Gasteiger partial charge in [-0.2, -0.15) is 5.10 Å². The molecule has 2 heterocycles. The van der Waals surface area contributed by atoms with Crippen molar-refractivity contribution in [1.29, 1.82) is 0 Å². The molecule has 72 valence electrons. The summed E-state index contributed by atoms with van der Waals surface area (Å²) in [5, 5.41) is 13.2. The van der Waals surface area contributed by atoms with Gasteiger partial charge in [0.2, 0.25) is 0 Å². The summed E-state index contributed by atoms with van der Waals surface area (Å²) in [5.74, 6) is 0. The fraction of sp³-hybridized carbons (Fsp3) is 0.571. The van der Waals surface area contributed by atoms with Crippen molar-refractivity contribution in [2.24, 2.45) is 0 Å². The van der Waals surface area contributed by atoms with Crippen molar-refractivity contribution < 1.29 is 5.11 Å². The van der Waals surface area contributed by atoms with Crippen LogP contribution in [0.25, 0.3) is 0 Å². The number of aromatic nitrogens is 2. The van der Waals surface area contributed by atoms with Crippen molar-refractivity contribution in [2.45, 2.75) is 19.7 Å². The lowest BCUT2D eigenvalue weighted by molar-refractivity contribution is 0.274. The minimum atomic E-state index is 0.0391. The van der Waals surface area contributed by atoms with Crippen LogP contribution < -0.4 is 0 Å². The van der Waals surface area contributed by atoms with Crippen molar-refractivity contribution in [3.8, 4) is 0 Å². The molecule has 0 aromatic carbocycles. The summed E-state index contributed by atoms with van der Waals surface area (Å²) in [6, 6.07) is 1.97. The number of aliphatic hydroxyl groups is 1. The van der Waals surface area contributed by atoms with E-state index in [1.54, 1.807) is 9.12 Å². The zero-order valence-electron chi connectivity index (χ0n) is 6.98. The maximum atomic E-state index is 8.91. The molecular weight excluding hydrogens is 301 g/mol. The summed E-state index contributed by atoms with van der Waals surface area (Å²) in [4.78, 5) is 0. The van der Waals surface area contributed by atoms with Gasteiger partial charge in [-0.1, -0.05) is 0 Å². The van der Waals surface area contributed by atoms with Crippen molar-refractivity contribution in [3.63, 3.8) is 0 Å². The van der Waals surface area contributed by atoms with Crippen LogP contribution in [0.2, 0.25) is 0 Å². The predicted molar refractivity (Wildman–Crippen MR) is 60.2 cm³/mol. The Morgan fingerprint density at radius 3 is 3.15 bits per heavy atom. The predicted octanol–water partition coefficient (Wildman–Crippen LogP) is 1.19. The van der Waals surface area contributed by atoms with Gasteiger partial charge < -0.3 is 5.11 Å². The van der Waals surface area contributed by atoms with Gasteiger partial charge in [-0.3, -0.25) is 4.68 Å². The molecule has 0 amide bonds. The molecule has 0 atom stereocenters. The number of fused-ring (bicyclic) bond motifs is 1. The topological polar surface area (TPSA) is 41.3 Å². The van der Waals surface area contributed by atoms with E-state index in [0.29, 0.717) is 0 Å². The minimum absolute atomic E-state index is 0.0391. The van der Waals surface area contributed by atoms with Crippen LogP contribution in [0.15, 0.2) is 6.07 Å². The quantitative estimate of drug-likeness (QED) is 0.658. The second kappa shape index (κ2) is 4.16. The maximum absolute atomic E-state index is 8.91. The van der Waals surface area contributed by atoms with Gasteiger partial charge in [-0.25, -0.2) is 4.31 Å². The first kappa shape index (κ1) is 9.75. The Morgan fingerprint density at radius 2 is 2.46 bits per heavy atom. The average Bonchev–Trinajstić information content (AvgIpc) is 2.58. The molecule has 1 aromatic rings. The summed E-state index contributed by atoms with van der Waals surface area (Å²) in [6.07, 6.45) is 0. The van der Waals surface area contributed by atoms with Crippen LogP contribution in [0.1, 0.15) is 11.4 Å². The highest BCUT2D eigenvalue weighted by atomic mass is 127. The Balaban J connectivity index is 2.19. The van der Waals surface area contributed by atoms with E-state index in [0.717, 1.165) is 25.3 Å². The van der Waals surface area contributed by atoms with Gasteiger partial charge in [-0.15, -0.1) is 0 Å². The van der Waals surface area contributed by atoms with Crippen LogP contribution >= 0.6 is 30.3 Å². The highest BCUT2D eigenvalue weighted by Crippen LogP contribution is 2.24. The van der Waals surface area contributed by atoms with Crippen LogP contribution in [-0.4, -0.2) is 25.7 Å². The second-order valence-electron chi connectivity index (χ2n) is 2.94. The first-order chi connectivity index (χ1) is 6.33. The Bertz CT molecular complexity index is 304. The molecule has 0 spiro atoms. The average molecular weight is 311 g/mol. The van der Waals surface area contributed by atoms with Crippen molar-refractivity contribution in [1.82, 2.24) is 14.1 Å². The summed E-state index contributed by atoms with van der Waals surface area (Å²) < 4.78 is 4.26. The first-order valence-electron chi connectivity index (χ1n) is 4.03. The monoisotopic (exact) mass is 311 g/mol. The zero-order valence-corrected chi connectivity index (χ0v) is 9.95. The van der Waals surface area contributed by atoms with Crippen LogP contribution in [0.3, 0.4) is 0 Å². The Hall–Kier alpha value is 0.210. The Kier molecular flexibility index (Phi) is 3.12. The van der Waals surface area contributed by atoms with Gasteiger partial charge in [-0.05, 0) is 15.2 Å². The molecule has 1 aromatic heterocycles. The van der Waals surface area contributed by atoms with E-state index in [4.69, 9.17) is 5.11 Å². The standard InChI is InChI=1S/C7H10IN3OS/c8-13-10-1-2-11-7(4-10)3-6(5-12)9-11/h3,12H,1-2,4-5H2. The molecule has 2 rings (SSSR count). The molecule has 4 nitrogen and oxygen atoms in total. The van der Waals surface area contributed by atoms with E-state index >= 15 is 0 Å². The fourth-order valence-electron chi connectivity index (χ4n) is 1.44. The second-order valence-corrected chi connectivity index (χ2v) is 4.78. The maximum Gasteiger partial charge on any atom is 0.0882 e. The molecule has 0 bridgehead atoms. The van der Waals surface area contributed by atoms with Crippen LogP contribution in [0.4, 0.5) is 0 Å². The third-order valence-corrected chi connectivity index (χ3v) is 4.25. The van der Waals surface area contributed by atoms with E-state index in [-0.39, 0.29) is 6.61 Å². The van der Waals surface area contributed by atoms with E-state index < -0.39 is 0 Å². The SMILES string of the molecule is OCc1cc2n(n1)CCN(SI)C2. The van der Waals surface area contributed by atoms with Gasteiger partial charge in [0, 0.05) is 27.8 Å². The lowest BCUT2D eigenvalue weighted by Gasteiger charge is -2.23. The molecule has 0 unspecified atom stereocenters. The number of hydrogen-bond donors (Lipinski definition) is 1. The smallest absolute Gasteiger partial charge is 0.0882 e. The zero-order chi connectivity index (χ0) is 9.26. The molecule has 0 radical (unpaired) electrons. The normalized spacial score (nSPS) is 17.4. The lowest BCUT2D eigenvalue weighted by atomic mass is 10.3. The molecule has 0 saturated carbocycles. The lowest BCUT2D eigenvalue weighted by Crippen LogP contribution is -2.27. The van der Waals surface area contributed by atoms with E-state index in [1.165, 1.54) is 5.69 Å². The van der Waals surface area contributed by atoms with Gasteiger partial charge >= 0.3 is 0 Å². The summed E-state index contributed by atoms with van der Waals surface area (Å²) in [7, 11) is 1.73. The summed E-state index contributed by atoms with van der Waals surface area (Å²) in [5.41, 5.74) is 1.97. The number of aliphatic hydroxyl groups excluding tert-OH is 1. The van der Waals surface area contributed by atoms with Gasteiger partial charge in [0.05, 0.1) is 31.1 Å². The Morgan fingerprint density at radius 1 is 1.62 bits per heavy atom. The molecule has 1 aliphatic heterocycles. The van der Waals surface area contributed by atoms with Crippen molar-refractivity contribution in [2.75, 3.05) is 6.54 Å². The van der Waals surface area contributed by atoms with Crippen LogP contribution in [0, 0.1) is 0 Å². The van der Waals surface area contributed by atoms with Crippen LogP contribution in [-0.2, 0) is 19.7 Å². The molecule has 0 saturated heterocycles. The summed E-state index contributed by atoms with van der Waals surface area (Å²) >= 11 is 2.29. The molecule has 0 fully saturated rings. The van der Waals surface area contributed by atoms with E-state index in [9.17, 15) is 0 Å². The highest BCUT2D eigenvalue weighted by molar-refractivity contribution is 14.2. The number of hydrogen-bond acceptors (Lipinski definition) is 4. The molecule has 13 heavy (non-hydrogen) atoms. The van der Waals surface area contributed by atoms with E-state index in [2.05, 4.69) is 30.6 Å². The van der Waals surface area contributed by atoms with E-state index in [1.807, 2.05) is 10.7 Å².